The van der Waals surface area contributed by atoms with Crippen LogP contribution >= 0.6 is 0 Å². The van der Waals surface area contributed by atoms with Gasteiger partial charge in [0, 0.05) is 6.04 Å². The van der Waals surface area contributed by atoms with Crippen molar-refractivity contribution in [1.82, 2.24) is 5.32 Å². The predicted molar refractivity (Wildman–Crippen MR) is 84.5 cm³/mol. The van der Waals surface area contributed by atoms with Gasteiger partial charge in [0.1, 0.15) is 0 Å². The largest absolute Gasteiger partial charge is 0.349 e. The lowest BCUT2D eigenvalue weighted by Gasteiger charge is -2.17. The van der Waals surface area contributed by atoms with Gasteiger partial charge in [-0.05, 0) is 37.1 Å². The Morgan fingerprint density at radius 2 is 1.48 bits per heavy atom. The van der Waals surface area contributed by atoms with Gasteiger partial charge >= 0.3 is 0 Å². The number of fused-ring (bicyclic) bond motifs is 1. The average Bonchev–Trinajstić information content (AvgIpc) is 3.35. The van der Waals surface area contributed by atoms with E-state index in [-0.39, 0.29) is 11.9 Å². The predicted octanol–water partition coefficient (Wildman–Crippen LogP) is 2.38. The Labute approximate surface area is 132 Å². The van der Waals surface area contributed by atoms with Crippen molar-refractivity contribution in [3.8, 4) is 0 Å². The van der Waals surface area contributed by atoms with Crippen LogP contribution in [0.15, 0.2) is 48.5 Å². The monoisotopic (exact) mass is 306 g/mol. The molecule has 114 valence electrons. The Bertz CT molecular complexity index is 805. The van der Waals surface area contributed by atoms with Crippen molar-refractivity contribution in [1.29, 1.82) is 0 Å². The third kappa shape index (κ3) is 2.21. The minimum Gasteiger partial charge on any atom is -0.349 e. The second kappa shape index (κ2) is 5.05. The zero-order valence-electron chi connectivity index (χ0n) is 12.3. The Balaban J connectivity index is 1.76. The molecule has 1 N–H and O–H groups in total. The van der Waals surface area contributed by atoms with E-state index in [0.717, 1.165) is 17.7 Å². The summed E-state index contributed by atoms with van der Waals surface area (Å²) in [5.74, 6) is -1.03. The Morgan fingerprint density at radius 3 is 2.09 bits per heavy atom. The molecule has 2 aromatic carbocycles. The van der Waals surface area contributed by atoms with Gasteiger partial charge in [0.05, 0.1) is 22.4 Å². The van der Waals surface area contributed by atoms with Crippen LogP contribution in [0.2, 0.25) is 0 Å². The van der Waals surface area contributed by atoms with E-state index in [2.05, 4.69) is 5.32 Å². The Kier molecular flexibility index (Phi) is 3.01. The van der Waals surface area contributed by atoms with Crippen molar-refractivity contribution in [2.24, 2.45) is 0 Å². The van der Waals surface area contributed by atoms with Crippen molar-refractivity contribution in [3.05, 3.63) is 65.2 Å². The maximum atomic E-state index is 12.6. The molecule has 0 aromatic heterocycles. The fourth-order valence-electron chi connectivity index (χ4n) is 2.76. The van der Waals surface area contributed by atoms with E-state index in [1.807, 2.05) is 0 Å². The number of para-hydroxylation sites is 1. The minimum atomic E-state index is -0.391. The first-order chi connectivity index (χ1) is 11.2. The molecule has 1 heterocycles. The number of carbonyl (C=O) groups is 3. The van der Waals surface area contributed by atoms with E-state index in [9.17, 15) is 14.4 Å². The zero-order chi connectivity index (χ0) is 16.0. The molecular formula is C18H14N2O3. The molecule has 1 aliphatic carbocycles. The first-order valence-corrected chi connectivity index (χ1v) is 7.54. The number of nitrogens with zero attached hydrogens (tertiary/aromatic N) is 1. The highest BCUT2D eigenvalue weighted by molar-refractivity contribution is 6.35. The van der Waals surface area contributed by atoms with Gasteiger partial charge in [0.2, 0.25) is 0 Å². The van der Waals surface area contributed by atoms with Crippen LogP contribution in [0.3, 0.4) is 0 Å². The summed E-state index contributed by atoms with van der Waals surface area (Å²) in [7, 11) is 0. The molecule has 23 heavy (non-hydrogen) atoms. The number of nitrogens with one attached hydrogen (secondary N) is 1. The molecule has 1 fully saturated rings. The topological polar surface area (TPSA) is 66.5 Å². The molecule has 0 atom stereocenters. The van der Waals surface area contributed by atoms with Crippen LogP contribution in [-0.2, 0) is 0 Å². The standard InChI is InChI=1S/C18H14N2O3/c21-16(19-11-9-10-11)14-7-3-4-8-15(14)20-17(22)12-5-1-2-6-13(12)18(20)23/h1-8,11H,9-10H2,(H,19,21). The second-order valence-corrected chi connectivity index (χ2v) is 5.76. The maximum Gasteiger partial charge on any atom is 0.266 e. The normalized spacial score (nSPS) is 16.4. The van der Waals surface area contributed by atoms with Crippen molar-refractivity contribution in [2.75, 3.05) is 4.90 Å². The highest BCUT2D eigenvalue weighted by Crippen LogP contribution is 2.31. The lowest BCUT2D eigenvalue weighted by Crippen LogP contribution is -2.33. The maximum absolute atomic E-state index is 12.6. The average molecular weight is 306 g/mol. The van der Waals surface area contributed by atoms with Crippen molar-refractivity contribution >= 4 is 23.4 Å². The summed E-state index contributed by atoms with van der Waals surface area (Å²) in [6.07, 6.45) is 1.95. The van der Waals surface area contributed by atoms with Crippen LogP contribution < -0.4 is 10.2 Å². The number of amides is 3. The molecule has 0 spiro atoms. The Hall–Kier alpha value is -2.95. The highest BCUT2D eigenvalue weighted by atomic mass is 16.2. The summed E-state index contributed by atoms with van der Waals surface area (Å²) < 4.78 is 0. The molecule has 0 radical (unpaired) electrons. The summed E-state index contributed by atoms with van der Waals surface area (Å²) in [4.78, 5) is 38.7. The molecule has 0 bridgehead atoms. The van der Waals surface area contributed by atoms with Crippen LogP contribution in [0, 0.1) is 0 Å². The van der Waals surface area contributed by atoms with E-state index in [4.69, 9.17) is 0 Å². The van der Waals surface area contributed by atoms with Gasteiger partial charge < -0.3 is 5.32 Å². The zero-order valence-corrected chi connectivity index (χ0v) is 12.3. The molecule has 3 amide bonds. The molecular weight excluding hydrogens is 292 g/mol. The van der Waals surface area contributed by atoms with Gasteiger partial charge in [-0.1, -0.05) is 24.3 Å². The molecule has 2 aromatic rings. The van der Waals surface area contributed by atoms with Crippen molar-refractivity contribution in [2.45, 2.75) is 18.9 Å². The smallest absolute Gasteiger partial charge is 0.266 e. The first-order valence-electron chi connectivity index (χ1n) is 7.54. The number of hydrogen-bond donors (Lipinski definition) is 1. The van der Waals surface area contributed by atoms with E-state index >= 15 is 0 Å². The number of imide groups is 1. The minimum absolute atomic E-state index is 0.206. The van der Waals surface area contributed by atoms with E-state index < -0.39 is 11.8 Å². The molecule has 2 aliphatic rings. The third-order valence-electron chi connectivity index (χ3n) is 4.10. The highest BCUT2D eigenvalue weighted by Gasteiger charge is 2.38. The SMILES string of the molecule is O=C(NC1CC1)c1ccccc1N1C(=O)c2ccccc2C1=O. The summed E-state index contributed by atoms with van der Waals surface area (Å²) in [5, 5.41) is 2.90. The summed E-state index contributed by atoms with van der Waals surface area (Å²) in [6.45, 7) is 0. The molecule has 5 heteroatoms. The molecule has 1 aliphatic heterocycles. The molecule has 5 nitrogen and oxygen atoms in total. The van der Waals surface area contributed by atoms with Gasteiger partial charge in [-0.25, -0.2) is 4.90 Å². The number of anilines is 1. The van der Waals surface area contributed by atoms with Gasteiger partial charge in [0.15, 0.2) is 0 Å². The lowest BCUT2D eigenvalue weighted by atomic mass is 10.1. The number of benzene rings is 2. The Morgan fingerprint density at radius 1 is 0.913 bits per heavy atom. The number of rotatable bonds is 3. The number of carbonyl (C=O) groups excluding carboxylic acids is 3. The van der Waals surface area contributed by atoms with Crippen LogP contribution in [0.1, 0.15) is 43.9 Å². The van der Waals surface area contributed by atoms with Crippen molar-refractivity contribution < 1.29 is 14.4 Å². The fraction of sp³-hybridized carbons (Fsp3) is 0.167. The summed E-state index contributed by atoms with van der Waals surface area (Å²) in [6, 6.07) is 13.6. The van der Waals surface area contributed by atoms with E-state index in [0.29, 0.717) is 22.4 Å². The van der Waals surface area contributed by atoms with Crippen LogP contribution in [0.4, 0.5) is 5.69 Å². The lowest BCUT2D eigenvalue weighted by molar-refractivity contribution is 0.0926. The van der Waals surface area contributed by atoms with Gasteiger partial charge in [-0.3, -0.25) is 14.4 Å². The molecule has 1 saturated carbocycles. The van der Waals surface area contributed by atoms with Crippen LogP contribution in [-0.4, -0.2) is 23.8 Å². The van der Waals surface area contributed by atoms with Gasteiger partial charge in [-0.2, -0.15) is 0 Å². The first kappa shape index (κ1) is 13.7. The summed E-state index contributed by atoms with van der Waals surface area (Å²) >= 11 is 0. The van der Waals surface area contributed by atoms with Gasteiger partial charge in [0.25, 0.3) is 17.7 Å². The second-order valence-electron chi connectivity index (χ2n) is 5.76. The van der Waals surface area contributed by atoms with E-state index in [1.165, 1.54) is 0 Å². The van der Waals surface area contributed by atoms with Crippen LogP contribution in [0.5, 0.6) is 0 Å². The van der Waals surface area contributed by atoms with Crippen molar-refractivity contribution in [3.63, 3.8) is 0 Å². The van der Waals surface area contributed by atoms with Gasteiger partial charge in [-0.15, -0.1) is 0 Å². The van der Waals surface area contributed by atoms with Crippen LogP contribution in [0.25, 0.3) is 0 Å². The molecule has 0 unspecified atom stereocenters. The molecule has 4 rings (SSSR count). The number of hydrogen-bond acceptors (Lipinski definition) is 3. The third-order valence-corrected chi connectivity index (χ3v) is 4.10. The molecule has 0 saturated heterocycles. The summed E-state index contributed by atoms with van der Waals surface area (Å²) in [5.41, 5.74) is 1.41. The fourth-order valence-corrected chi connectivity index (χ4v) is 2.76. The van der Waals surface area contributed by atoms with E-state index in [1.54, 1.807) is 48.5 Å². The quantitative estimate of drug-likeness (QED) is 0.885.